The van der Waals surface area contributed by atoms with E-state index in [4.69, 9.17) is 27.9 Å². The van der Waals surface area contributed by atoms with E-state index in [0.717, 1.165) is 12.0 Å². The summed E-state index contributed by atoms with van der Waals surface area (Å²) in [7, 11) is 1.59. The van der Waals surface area contributed by atoms with Crippen LogP contribution < -0.4 is 0 Å². The number of methoxy groups -OCH3 is 1. The molecule has 0 N–H and O–H groups in total. The standard InChI is InChI=1S/C9H12Cl2N2O/c1-4-6-7(10)12-9(5(2)14-3)13-8(6)11/h5H,4H2,1-3H3. The lowest BCUT2D eigenvalue weighted by molar-refractivity contribution is 0.112. The van der Waals surface area contributed by atoms with Gasteiger partial charge < -0.3 is 4.74 Å². The highest BCUT2D eigenvalue weighted by Crippen LogP contribution is 2.24. The largest absolute Gasteiger partial charge is 0.374 e. The molecule has 0 amide bonds. The molecule has 0 spiro atoms. The molecule has 1 aromatic heterocycles. The number of rotatable bonds is 3. The fourth-order valence-corrected chi connectivity index (χ4v) is 1.69. The van der Waals surface area contributed by atoms with Gasteiger partial charge in [0.05, 0.1) is 0 Å². The first-order valence-corrected chi connectivity index (χ1v) is 5.10. The van der Waals surface area contributed by atoms with Gasteiger partial charge in [0.25, 0.3) is 0 Å². The Morgan fingerprint density at radius 2 is 1.79 bits per heavy atom. The molecule has 78 valence electrons. The summed E-state index contributed by atoms with van der Waals surface area (Å²) in [6, 6.07) is 0. The molecular formula is C9H12Cl2N2O. The molecule has 1 atom stereocenters. The van der Waals surface area contributed by atoms with E-state index in [-0.39, 0.29) is 6.10 Å². The van der Waals surface area contributed by atoms with E-state index in [1.165, 1.54) is 0 Å². The van der Waals surface area contributed by atoms with E-state index in [1.54, 1.807) is 7.11 Å². The molecule has 0 saturated heterocycles. The second-order valence-corrected chi connectivity index (χ2v) is 3.59. The first-order chi connectivity index (χ1) is 6.60. The van der Waals surface area contributed by atoms with Crippen LogP contribution in [0.3, 0.4) is 0 Å². The SMILES string of the molecule is CCc1c(Cl)nc(C(C)OC)nc1Cl. The van der Waals surface area contributed by atoms with Crippen LogP contribution in [-0.2, 0) is 11.2 Å². The van der Waals surface area contributed by atoms with Gasteiger partial charge in [-0.15, -0.1) is 0 Å². The van der Waals surface area contributed by atoms with Crippen molar-refractivity contribution < 1.29 is 4.74 Å². The minimum Gasteiger partial charge on any atom is -0.374 e. The summed E-state index contributed by atoms with van der Waals surface area (Å²) >= 11 is 11.9. The summed E-state index contributed by atoms with van der Waals surface area (Å²) < 4.78 is 5.08. The third-order valence-electron chi connectivity index (χ3n) is 1.99. The Kier molecular flexibility index (Phi) is 4.11. The van der Waals surface area contributed by atoms with Crippen molar-refractivity contribution >= 4 is 23.2 Å². The average Bonchev–Trinajstić information content (AvgIpc) is 2.16. The van der Waals surface area contributed by atoms with Crippen LogP contribution in [-0.4, -0.2) is 17.1 Å². The lowest BCUT2D eigenvalue weighted by Crippen LogP contribution is -2.05. The third kappa shape index (κ3) is 2.35. The predicted octanol–water partition coefficient (Wildman–Crippen LogP) is 3.05. The normalized spacial score (nSPS) is 12.9. The van der Waals surface area contributed by atoms with Crippen molar-refractivity contribution in [2.45, 2.75) is 26.4 Å². The highest BCUT2D eigenvalue weighted by Gasteiger charge is 2.13. The molecule has 0 aliphatic carbocycles. The van der Waals surface area contributed by atoms with E-state index >= 15 is 0 Å². The minimum atomic E-state index is -0.198. The molecule has 0 fully saturated rings. The van der Waals surface area contributed by atoms with Crippen molar-refractivity contribution in [1.82, 2.24) is 9.97 Å². The van der Waals surface area contributed by atoms with Gasteiger partial charge >= 0.3 is 0 Å². The average molecular weight is 235 g/mol. The van der Waals surface area contributed by atoms with Gasteiger partial charge in [-0.1, -0.05) is 30.1 Å². The fraction of sp³-hybridized carbons (Fsp3) is 0.556. The lowest BCUT2D eigenvalue weighted by Gasteiger charge is -2.10. The second-order valence-electron chi connectivity index (χ2n) is 2.87. The summed E-state index contributed by atoms with van der Waals surface area (Å²) in [5, 5.41) is 0.817. The van der Waals surface area contributed by atoms with Crippen molar-refractivity contribution in [1.29, 1.82) is 0 Å². The minimum absolute atomic E-state index is 0.198. The topological polar surface area (TPSA) is 35.0 Å². The molecule has 1 heterocycles. The maximum absolute atomic E-state index is 5.94. The zero-order valence-corrected chi connectivity index (χ0v) is 9.85. The van der Waals surface area contributed by atoms with Gasteiger partial charge in [0.2, 0.25) is 0 Å². The van der Waals surface area contributed by atoms with Crippen molar-refractivity contribution in [3.05, 3.63) is 21.7 Å². The van der Waals surface area contributed by atoms with Gasteiger partial charge in [-0.2, -0.15) is 0 Å². The molecule has 0 saturated carbocycles. The van der Waals surface area contributed by atoms with Crippen molar-refractivity contribution in [2.24, 2.45) is 0 Å². The third-order valence-corrected chi connectivity index (χ3v) is 2.62. The maximum Gasteiger partial charge on any atom is 0.160 e. The van der Waals surface area contributed by atoms with Gasteiger partial charge in [-0.25, -0.2) is 9.97 Å². The first kappa shape index (κ1) is 11.7. The summed E-state index contributed by atoms with van der Waals surface area (Å²) in [6.45, 7) is 3.80. The molecule has 0 radical (unpaired) electrons. The summed E-state index contributed by atoms with van der Waals surface area (Å²) in [5.41, 5.74) is 0.778. The van der Waals surface area contributed by atoms with Crippen LogP contribution in [0.15, 0.2) is 0 Å². The molecule has 14 heavy (non-hydrogen) atoms. The summed E-state index contributed by atoms with van der Waals surface area (Å²) in [6.07, 6.45) is 0.523. The van der Waals surface area contributed by atoms with Crippen molar-refractivity contribution in [3.8, 4) is 0 Å². The van der Waals surface area contributed by atoms with Gasteiger partial charge in [-0.05, 0) is 13.3 Å². The van der Waals surface area contributed by atoms with E-state index in [0.29, 0.717) is 16.1 Å². The van der Waals surface area contributed by atoms with Crippen molar-refractivity contribution in [2.75, 3.05) is 7.11 Å². The Balaban J connectivity index is 3.13. The summed E-state index contributed by atoms with van der Waals surface area (Å²) in [5.74, 6) is 0.514. The molecule has 1 rings (SSSR count). The summed E-state index contributed by atoms with van der Waals surface area (Å²) in [4.78, 5) is 8.24. The van der Waals surface area contributed by atoms with E-state index in [1.807, 2.05) is 13.8 Å². The van der Waals surface area contributed by atoms with E-state index in [2.05, 4.69) is 9.97 Å². The number of aromatic nitrogens is 2. The Morgan fingerprint density at radius 1 is 1.29 bits per heavy atom. The van der Waals surface area contributed by atoms with Crippen LogP contribution in [0, 0.1) is 0 Å². The fourth-order valence-electron chi connectivity index (χ4n) is 1.03. The lowest BCUT2D eigenvalue weighted by atomic mass is 10.2. The predicted molar refractivity (Wildman–Crippen MR) is 56.9 cm³/mol. The number of halogens is 2. The highest BCUT2D eigenvalue weighted by molar-refractivity contribution is 6.34. The van der Waals surface area contributed by atoms with Crippen LogP contribution in [0.1, 0.15) is 31.3 Å². The molecule has 0 aromatic carbocycles. The maximum atomic E-state index is 5.94. The second kappa shape index (κ2) is 4.91. The van der Waals surface area contributed by atoms with Crippen LogP contribution in [0.25, 0.3) is 0 Å². The zero-order chi connectivity index (χ0) is 10.7. The van der Waals surface area contributed by atoms with Crippen molar-refractivity contribution in [3.63, 3.8) is 0 Å². The zero-order valence-electron chi connectivity index (χ0n) is 8.34. The highest BCUT2D eigenvalue weighted by atomic mass is 35.5. The van der Waals surface area contributed by atoms with Gasteiger partial charge in [0, 0.05) is 12.7 Å². The van der Waals surface area contributed by atoms with E-state index < -0.39 is 0 Å². The number of hydrogen-bond donors (Lipinski definition) is 0. The molecule has 1 aromatic rings. The number of hydrogen-bond acceptors (Lipinski definition) is 3. The Labute approximate surface area is 93.4 Å². The number of ether oxygens (including phenoxy) is 1. The smallest absolute Gasteiger partial charge is 0.160 e. The Bertz CT molecular complexity index is 308. The Morgan fingerprint density at radius 3 is 2.14 bits per heavy atom. The van der Waals surface area contributed by atoms with Gasteiger partial charge in [0.1, 0.15) is 16.4 Å². The molecule has 5 heteroatoms. The van der Waals surface area contributed by atoms with Crippen LogP contribution in [0.5, 0.6) is 0 Å². The van der Waals surface area contributed by atoms with Gasteiger partial charge in [0.15, 0.2) is 5.82 Å². The molecule has 0 aliphatic rings. The van der Waals surface area contributed by atoms with E-state index in [9.17, 15) is 0 Å². The first-order valence-electron chi connectivity index (χ1n) is 4.34. The molecule has 3 nitrogen and oxygen atoms in total. The number of nitrogens with zero attached hydrogens (tertiary/aromatic N) is 2. The van der Waals surface area contributed by atoms with Crippen LogP contribution in [0.2, 0.25) is 10.3 Å². The quantitative estimate of drug-likeness (QED) is 0.755. The van der Waals surface area contributed by atoms with Crippen LogP contribution >= 0.6 is 23.2 Å². The van der Waals surface area contributed by atoms with Gasteiger partial charge in [-0.3, -0.25) is 0 Å². The monoisotopic (exact) mass is 234 g/mol. The molecular weight excluding hydrogens is 223 g/mol. The van der Waals surface area contributed by atoms with Crippen LogP contribution in [0.4, 0.5) is 0 Å². The molecule has 0 bridgehead atoms. The molecule has 1 unspecified atom stereocenters. The Hall–Kier alpha value is -0.380. The molecule has 0 aliphatic heterocycles.